The summed E-state index contributed by atoms with van der Waals surface area (Å²) in [5.41, 5.74) is 0. The van der Waals surface area contributed by atoms with Gasteiger partial charge in [0.25, 0.3) is 0 Å². The molecule has 0 aliphatic heterocycles. The molecule has 0 spiro atoms. The second kappa shape index (κ2) is 4.29. The minimum atomic E-state index is -1.14. The molecule has 0 bridgehead atoms. The molecular formula is C5H9NO3S. The van der Waals surface area contributed by atoms with E-state index in [0.29, 0.717) is 0 Å². The smallest absolute Gasteiger partial charge is 0.329 e. The van der Waals surface area contributed by atoms with Crippen LogP contribution in [0.15, 0.2) is 0 Å². The molecule has 0 unspecified atom stereocenters. The molecule has 0 saturated heterocycles. The molecule has 1 atom stereocenters. The van der Waals surface area contributed by atoms with Gasteiger partial charge in [0, 0.05) is 0 Å². The number of carbonyl (C=O) groups is 2. The van der Waals surface area contributed by atoms with Gasteiger partial charge in [-0.3, -0.25) is 9.59 Å². The first kappa shape index (κ1) is 9.45. The van der Waals surface area contributed by atoms with Crippen LogP contribution in [-0.4, -0.2) is 29.2 Å². The standard InChI is InChI=1S/C5H9NO3S/c1-3(7)4(5(8)9)6-10-2/h4,6H,1-2H3,(H,8,9)/t4-/m0/s1. The van der Waals surface area contributed by atoms with Crippen LogP contribution in [0, 0.1) is 0 Å². The van der Waals surface area contributed by atoms with Crippen molar-refractivity contribution in [3.8, 4) is 0 Å². The van der Waals surface area contributed by atoms with Crippen molar-refractivity contribution < 1.29 is 14.7 Å². The zero-order valence-electron chi connectivity index (χ0n) is 5.75. The van der Waals surface area contributed by atoms with Gasteiger partial charge in [0.1, 0.15) is 0 Å². The lowest BCUT2D eigenvalue weighted by molar-refractivity contribution is -0.142. The maximum atomic E-state index is 10.5. The van der Waals surface area contributed by atoms with Gasteiger partial charge in [-0.1, -0.05) is 11.9 Å². The number of carbonyl (C=O) groups excluding carboxylic acids is 1. The van der Waals surface area contributed by atoms with Crippen LogP contribution < -0.4 is 4.72 Å². The number of Topliss-reactive ketones (excluding diaryl/α,β-unsaturated/α-hetero) is 1. The lowest BCUT2D eigenvalue weighted by Gasteiger charge is -2.06. The lowest BCUT2D eigenvalue weighted by atomic mass is 10.2. The van der Waals surface area contributed by atoms with Crippen molar-refractivity contribution in [1.29, 1.82) is 0 Å². The lowest BCUT2D eigenvalue weighted by Crippen LogP contribution is -2.38. The molecule has 0 aliphatic rings. The molecule has 0 radical (unpaired) electrons. The topological polar surface area (TPSA) is 66.4 Å². The van der Waals surface area contributed by atoms with Gasteiger partial charge in [0.05, 0.1) is 0 Å². The molecule has 0 heterocycles. The summed E-state index contributed by atoms with van der Waals surface area (Å²) in [6.07, 6.45) is 1.67. The summed E-state index contributed by atoms with van der Waals surface area (Å²) in [6, 6.07) is -1.07. The van der Waals surface area contributed by atoms with E-state index in [1.54, 1.807) is 6.26 Å². The number of hydrogen-bond acceptors (Lipinski definition) is 4. The maximum absolute atomic E-state index is 10.5. The van der Waals surface area contributed by atoms with Crippen LogP contribution in [0.25, 0.3) is 0 Å². The largest absolute Gasteiger partial charge is 0.480 e. The number of carboxylic acid groups (broad SMARTS) is 1. The third-order valence-corrected chi connectivity index (χ3v) is 1.36. The Kier molecular flexibility index (Phi) is 4.06. The van der Waals surface area contributed by atoms with Gasteiger partial charge in [-0.25, -0.2) is 4.72 Å². The van der Waals surface area contributed by atoms with Crippen LogP contribution in [0.5, 0.6) is 0 Å². The SMILES string of the molecule is CSN[C@@H](C(C)=O)C(=O)O. The fourth-order valence-electron chi connectivity index (χ4n) is 0.425. The maximum Gasteiger partial charge on any atom is 0.329 e. The molecule has 4 nitrogen and oxygen atoms in total. The van der Waals surface area contributed by atoms with E-state index in [-0.39, 0.29) is 5.78 Å². The molecule has 5 heteroatoms. The number of nitrogens with one attached hydrogen (secondary N) is 1. The molecule has 0 aromatic carbocycles. The third kappa shape index (κ3) is 2.84. The minimum absolute atomic E-state index is 0.387. The Labute approximate surface area is 63.1 Å². The Balaban J connectivity index is 3.98. The first-order valence-corrected chi connectivity index (χ1v) is 3.83. The highest BCUT2D eigenvalue weighted by atomic mass is 32.2. The van der Waals surface area contributed by atoms with Gasteiger partial charge in [-0.05, 0) is 13.2 Å². The summed E-state index contributed by atoms with van der Waals surface area (Å²) in [5, 5.41) is 8.38. The van der Waals surface area contributed by atoms with E-state index in [1.807, 2.05) is 0 Å². The molecule has 0 fully saturated rings. The van der Waals surface area contributed by atoms with Crippen LogP contribution in [0.2, 0.25) is 0 Å². The highest BCUT2D eigenvalue weighted by Crippen LogP contribution is 1.92. The van der Waals surface area contributed by atoms with Crippen LogP contribution in [0.4, 0.5) is 0 Å². The summed E-state index contributed by atoms with van der Waals surface area (Å²) in [5.74, 6) is -1.52. The van der Waals surface area contributed by atoms with Crippen molar-refractivity contribution in [2.75, 3.05) is 6.26 Å². The van der Waals surface area contributed by atoms with Crippen molar-refractivity contribution in [3.63, 3.8) is 0 Å². The molecule has 58 valence electrons. The first-order valence-electron chi connectivity index (χ1n) is 2.61. The summed E-state index contributed by atoms with van der Waals surface area (Å²) < 4.78 is 2.45. The number of rotatable bonds is 4. The second-order valence-electron chi connectivity index (χ2n) is 1.70. The van der Waals surface area contributed by atoms with Crippen molar-refractivity contribution in [2.45, 2.75) is 13.0 Å². The van der Waals surface area contributed by atoms with Crippen LogP contribution >= 0.6 is 11.9 Å². The average Bonchev–Trinajstić information content (AvgIpc) is 1.81. The fraction of sp³-hybridized carbons (Fsp3) is 0.600. The minimum Gasteiger partial charge on any atom is -0.480 e. The number of hydrogen-bond donors (Lipinski definition) is 2. The summed E-state index contributed by atoms with van der Waals surface area (Å²) in [4.78, 5) is 20.8. The van der Waals surface area contributed by atoms with Gasteiger partial charge in [0.15, 0.2) is 11.8 Å². The van der Waals surface area contributed by atoms with Gasteiger partial charge in [0.2, 0.25) is 0 Å². The van der Waals surface area contributed by atoms with E-state index in [1.165, 1.54) is 6.92 Å². The molecule has 2 N–H and O–H groups in total. The van der Waals surface area contributed by atoms with Crippen LogP contribution in [0.1, 0.15) is 6.92 Å². The Bertz CT molecular complexity index is 134. The van der Waals surface area contributed by atoms with Crippen molar-refractivity contribution in [3.05, 3.63) is 0 Å². The van der Waals surface area contributed by atoms with Gasteiger partial charge >= 0.3 is 5.97 Å². The van der Waals surface area contributed by atoms with Gasteiger partial charge < -0.3 is 5.11 Å². The fourth-order valence-corrected chi connectivity index (χ4v) is 0.928. The summed E-state index contributed by atoms with van der Waals surface area (Å²) in [6.45, 7) is 1.24. The highest BCUT2D eigenvalue weighted by Gasteiger charge is 2.20. The van der Waals surface area contributed by atoms with Gasteiger partial charge in [-0.2, -0.15) is 0 Å². The zero-order valence-corrected chi connectivity index (χ0v) is 6.57. The van der Waals surface area contributed by atoms with Crippen molar-refractivity contribution >= 4 is 23.7 Å². The normalized spacial score (nSPS) is 12.6. The molecule has 0 aliphatic carbocycles. The molecular weight excluding hydrogens is 154 g/mol. The molecule has 10 heavy (non-hydrogen) atoms. The Morgan fingerprint density at radius 1 is 1.60 bits per heavy atom. The van der Waals surface area contributed by atoms with E-state index in [0.717, 1.165) is 11.9 Å². The predicted octanol–water partition coefficient (Wildman–Crippen LogP) is -0.104. The number of aliphatic carboxylic acids is 1. The third-order valence-electron chi connectivity index (χ3n) is 0.889. The Hall–Kier alpha value is -0.550. The second-order valence-corrected chi connectivity index (χ2v) is 2.35. The molecule has 0 saturated carbocycles. The van der Waals surface area contributed by atoms with E-state index < -0.39 is 12.0 Å². The Morgan fingerprint density at radius 3 is 2.20 bits per heavy atom. The Morgan fingerprint density at radius 2 is 2.10 bits per heavy atom. The van der Waals surface area contributed by atoms with E-state index in [9.17, 15) is 9.59 Å². The average molecular weight is 163 g/mol. The van der Waals surface area contributed by atoms with E-state index >= 15 is 0 Å². The molecule has 0 rings (SSSR count). The summed E-state index contributed by atoms with van der Waals surface area (Å²) in [7, 11) is 0. The monoisotopic (exact) mass is 163 g/mol. The van der Waals surface area contributed by atoms with Gasteiger partial charge in [-0.15, -0.1) is 0 Å². The highest BCUT2D eigenvalue weighted by molar-refractivity contribution is 7.96. The molecule has 0 aromatic rings. The predicted molar refractivity (Wildman–Crippen MR) is 38.8 cm³/mol. The van der Waals surface area contributed by atoms with Crippen molar-refractivity contribution in [1.82, 2.24) is 4.72 Å². The first-order chi connectivity index (χ1) is 4.59. The van der Waals surface area contributed by atoms with Crippen LogP contribution in [0.3, 0.4) is 0 Å². The zero-order chi connectivity index (χ0) is 8.15. The molecule has 0 amide bonds. The van der Waals surface area contributed by atoms with E-state index in [2.05, 4.69) is 4.72 Å². The molecule has 0 aromatic heterocycles. The quantitative estimate of drug-likeness (QED) is 0.447. The van der Waals surface area contributed by atoms with Crippen molar-refractivity contribution in [2.24, 2.45) is 0 Å². The number of ketones is 1. The summed E-state index contributed by atoms with van der Waals surface area (Å²) >= 11 is 1.11. The van der Waals surface area contributed by atoms with E-state index in [4.69, 9.17) is 5.11 Å². The van der Waals surface area contributed by atoms with Crippen LogP contribution in [-0.2, 0) is 9.59 Å². The number of carboxylic acids is 1.